The minimum Gasteiger partial charge on any atom is -0.330 e. The molecule has 0 aromatic heterocycles. The third-order valence-corrected chi connectivity index (χ3v) is 3.22. The van der Waals surface area contributed by atoms with Crippen molar-refractivity contribution in [3.8, 4) is 0 Å². The van der Waals surface area contributed by atoms with Gasteiger partial charge >= 0.3 is 0 Å². The van der Waals surface area contributed by atoms with Gasteiger partial charge in [0.15, 0.2) is 0 Å². The molecular weight excluding hydrogens is 204 g/mol. The first-order valence-corrected chi connectivity index (χ1v) is 6.38. The summed E-state index contributed by atoms with van der Waals surface area (Å²) in [7, 11) is 2.15. The molecule has 0 amide bonds. The third kappa shape index (κ3) is 5.82. The second kappa shape index (κ2) is 7.74. The summed E-state index contributed by atoms with van der Waals surface area (Å²) in [5.74, 6) is 1.14. The summed E-state index contributed by atoms with van der Waals surface area (Å²) in [6, 6.07) is 10.5. The minimum atomic E-state index is 0.788. The van der Waals surface area contributed by atoms with E-state index in [0.29, 0.717) is 0 Å². The summed E-state index contributed by atoms with van der Waals surface area (Å²) in [6.07, 6.45) is 1.09. The van der Waals surface area contributed by atoms with Gasteiger partial charge in [-0.3, -0.25) is 0 Å². The molecule has 0 spiro atoms. The van der Waals surface area contributed by atoms with E-state index >= 15 is 0 Å². The lowest BCUT2D eigenvalue weighted by Crippen LogP contribution is -2.24. The summed E-state index contributed by atoms with van der Waals surface area (Å²) in [4.78, 5) is 3.69. The maximum Gasteiger partial charge on any atom is 0.0108 e. The minimum absolute atomic E-state index is 0.788. The van der Waals surface area contributed by atoms with Gasteiger partial charge < -0.3 is 10.6 Å². The van der Waals surface area contributed by atoms with Gasteiger partial charge in [-0.25, -0.2) is 0 Å². The molecular formula is C12H20N2S. The lowest BCUT2D eigenvalue weighted by atomic mass is 10.4. The Balaban J connectivity index is 2.11. The average Bonchev–Trinajstić information content (AvgIpc) is 2.28. The molecule has 1 aromatic carbocycles. The number of nitrogens with two attached hydrogens (primary N) is 1. The molecule has 1 aromatic rings. The van der Waals surface area contributed by atoms with Gasteiger partial charge in [-0.2, -0.15) is 0 Å². The molecule has 3 heteroatoms. The van der Waals surface area contributed by atoms with E-state index in [1.807, 2.05) is 11.8 Å². The van der Waals surface area contributed by atoms with Crippen LogP contribution in [0.2, 0.25) is 0 Å². The van der Waals surface area contributed by atoms with Crippen LogP contribution in [0.5, 0.6) is 0 Å². The number of nitrogens with zero attached hydrogens (tertiary/aromatic N) is 1. The van der Waals surface area contributed by atoms with Crippen molar-refractivity contribution in [1.29, 1.82) is 0 Å². The number of thioether (sulfide) groups is 1. The van der Waals surface area contributed by atoms with Crippen LogP contribution in [0.4, 0.5) is 0 Å². The molecule has 0 aliphatic heterocycles. The topological polar surface area (TPSA) is 29.3 Å². The van der Waals surface area contributed by atoms with Crippen LogP contribution < -0.4 is 5.73 Å². The van der Waals surface area contributed by atoms with E-state index in [2.05, 4.69) is 42.3 Å². The molecule has 0 bridgehead atoms. The Bertz CT molecular complexity index is 251. The highest BCUT2D eigenvalue weighted by molar-refractivity contribution is 7.99. The Morgan fingerprint density at radius 3 is 2.60 bits per heavy atom. The molecule has 0 fully saturated rings. The third-order valence-electron chi connectivity index (χ3n) is 2.23. The number of hydrogen-bond donors (Lipinski definition) is 1. The fourth-order valence-electron chi connectivity index (χ4n) is 1.31. The first-order valence-electron chi connectivity index (χ1n) is 5.39. The Labute approximate surface area is 96.8 Å². The van der Waals surface area contributed by atoms with Gasteiger partial charge in [-0.05, 0) is 38.7 Å². The van der Waals surface area contributed by atoms with Crippen molar-refractivity contribution < 1.29 is 0 Å². The van der Waals surface area contributed by atoms with Gasteiger partial charge in [0.2, 0.25) is 0 Å². The molecule has 0 unspecified atom stereocenters. The number of benzene rings is 1. The lowest BCUT2D eigenvalue weighted by molar-refractivity contribution is 0.352. The monoisotopic (exact) mass is 224 g/mol. The van der Waals surface area contributed by atoms with Gasteiger partial charge in [0, 0.05) is 17.2 Å². The first-order chi connectivity index (χ1) is 7.33. The summed E-state index contributed by atoms with van der Waals surface area (Å²) >= 11 is 1.91. The zero-order valence-corrected chi connectivity index (χ0v) is 10.2. The maximum atomic E-state index is 5.46. The van der Waals surface area contributed by atoms with Crippen molar-refractivity contribution in [3.63, 3.8) is 0 Å². The van der Waals surface area contributed by atoms with Gasteiger partial charge in [0.1, 0.15) is 0 Å². The smallest absolute Gasteiger partial charge is 0.0108 e. The molecule has 0 atom stereocenters. The van der Waals surface area contributed by atoms with Gasteiger partial charge in [-0.15, -0.1) is 11.8 Å². The zero-order chi connectivity index (χ0) is 10.9. The van der Waals surface area contributed by atoms with Crippen LogP contribution in [0, 0.1) is 0 Å². The summed E-state index contributed by atoms with van der Waals surface area (Å²) in [5, 5.41) is 0. The van der Waals surface area contributed by atoms with Gasteiger partial charge in [-0.1, -0.05) is 18.2 Å². The van der Waals surface area contributed by atoms with E-state index in [4.69, 9.17) is 5.73 Å². The molecule has 1 rings (SSSR count). The Kier molecular flexibility index (Phi) is 6.48. The van der Waals surface area contributed by atoms with Crippen molar-refractivity contribution in [2.75, 3.05) is 32.4 Å². The van der Waals surface area contributed by atoms with E-state index in [-0.39, 0.29) is 0 Å². The Morgan fingerprint density at radius 2 is 1.93 bits per heavy atom. The van der Waals surface area contributed by atoms with E-state index in [1.54, 1.807) is 0 Å². The Hall–Kier alpha value is -0.510. The standard InChI is InChI=1S/C12H20N2S/c1-14(9-5-8-13)10-11-15-12-6-3-2-4-7-12/h2-4,6-7H,5,8-11,13H2,1H3. The van der Waals surface area contributed by atoms with Crippen molar-refractivity contribution in [3.05, 3.63) is 30.3 Å². The van der Waals surface area contributed by atoms with Crippen LogP contribution in [-0.2, 0) is 0 Å². The average molecular weight is 224 g/mol. The van der Waals surface area contributed by atoms with E-state index in [1.165, 1.54) is 4.90 Å². The predicted octanol–water partition coefficient (Wildman–Crippen LogP) is 2.06. The summed E-state index contributed by atoms with van der Waals surface area (Å²) in [6.45, 7) is 3.02. The van der Waals surface area contributed by atoms with Crippen LogP contribution in [-0.4, -0.2) is 37.3 Å². The summed E-state index contributed by atoms with van der Waals surface area (Å²) < 4.78 is 0. The van der Waals surface area contributed by atoms with Gasteiger partial charge in [0.05, 0.1) is 0 Å². The largest absolute Gasteiger partial charge is 0.330 e. The Morgan fingerprint density at radius 1 is 1.20 bits per heavy atom. The predicted molar refractivity (Wildman–Crippen MR) is 68.3 cm³/mol. The SMILES string of the molecule is CN(CCCN)CCSc1ccccc1. The number of rotatable bonds is 7. The molecule has 15 heavy (non-hydrogen) atoms. The van der Waals surface area contributed by atoms with Crippen LogP contribution in [0.15, 0.2) is 35.2 Å². The van der Waals surface area contributed by atoms with Crippen LogP contribution in [0.3, 0.4) is 0 Å². The first kappa shape index (κ1) is 12.6. The van der Waals surface area contributed by atoms with E-state index in [9.17, 15) is 0 Å². The normalized spacial score (nSPS) is 10.9. The second-order valence-corrected chi connectivity index (χ2v) is 4.78. The van der Waals surface area contributed by atoms with Crippen LogP contribution in [0.25, 0.3) is 0 Å². The molecule has 2 N–H and O–H groups in total. The summed E-state index contributed by atoms with van der Waals surface area (Å²) in [5.41, 5.74) is 5.46. The van der Waals surface area contributed by atoms with Crippen molar-refractivity contribution in [2.24, 2.45) is 5.73 Å². The molecule has 0 radical (unpaired) electrons. The van der Waals surface area contributed by atoms with Crippen molar-refractivity contribution in [1.82, 2.24) is 4.90 Å². The number of hydrogen-bond acceptors (Lipinski definition) is 3. The van der Waals surface area contributed by atoms with Crippen LogP contribution >= 0.6 is 11.8 Å². The molecule has 0 heterocycles. The quantitative estimate of drug-likeness (QED) is 0.719. The van der Waals surface area contributed by atoms with Crippen molar-refractivity contribution >= 4 is 11.8 Å². The molecule has 0 saturated heterocycles. The molecule has 0 aliphatic carbocycles. The highest BCUT2D eigenvalue weighted by atomic mass is 32.2. The fourth-order valence-corrected chi connectivity index (χ4v) is 2.30. The van der Waals surface area contributed by atoms with Gasteiger partial charge in [0.25, 0.3) is 0 Å². The molecule has 84 valence electrons. The van der Waals surface area contributed by atoms with E-state index in [0.717, 1.165) is 31.8 Å². The van der Waals surface area contributed by atoms with Crippen molar-refractivity contribution in [2.45, 2.75) is 11.3 Å². The fraction of sp³-hybridized carbons (Fsp3) is 0.500. The molecule has 0 saturated carbocycles. The maximum absolute atomic E-state index is 5.46. The van der Waals surface area contributed by atoms with E-state index < -0.39 is 0 Å². The highest BCUT2D eigenvalue weighted by Gasteiger charge is 1.98. The highest BCUT2D eigenvalue weighted by Crippen LogP contribution is 2.16. The second-order valence-electron chi connectivity index (χ2n) is 3.61. The van der Waals surface area contributed by atoms with Crippen LogP contribution in [0.1, 0.15) is 6.42 Å². The molecule has 2 nitrogen and oxygen atoms in total. The zero-order valence-electron chi connectivity index (χ0n) is 9.36. The lowest BCUT2D eigenvalue weighted by Gasteiger charge is -2.15. The molecule has 0 aliphatic rings.